The van der Waals surface area contributed by atoms with Gasteiger partial charge < -0.3 is 19.6 Å². The zero-order chi connectivity index (χ0) is 11.3. The van der Waals surface area contributed by atoms with Gasteiger partial charge in [0.05, 0.1) is 12.3 Å². The van der Waals surface area contributed by atoms with Crippen LogP contribution >= 0.6 is 12.2 Å². The molecular formula is C10H19N3OS. The van der Waals surface area contributed by atoms with Crippen LogP contribution in [0.5, 0.6) is 0 Å². The molecule has 0 saturated carbocycles. The first-order valence-electron chi connectivity index (χ1n) is 5.18. The van der Waals surface area contributed by atoms with Gasteiger partial charge in [0, 0.05) is 12.7 Å². The first-order valence-corrected chi connectivity index (χ1v) is 5.58. The van der Waals surface area contributed by atoms with Crippen LogP contribution in [0.2, 0.25) is 0 Å². The molecule has 0 atom stereocenters. The number of H-pyrrole nitrogens is 1. The van der Waals surface area contributed by atoms with Gasteiger partial charge in [0.15, 0.2) is 4.77 Å². The largest absolute Gasteiger partial charge is 0.390 e. The minimum atomic E-state index is 0.0425. The summed E-state index contributed by atoms with van der Waals surface area (Å²) >= 11 is 5.13. The first-order chi connectivity index (χ1) is 7.15. The summed E-state index contributed by atoms with van der Waals surface area (Å²) in [6.45, 7) is 2.01. The summed E-state index contributed by atoms with van der Waals surface area (Å²) in [7, 11) is 4.14. The second-order valence-electron chi connectivity index (χ2n) is 3.91. The van der Waals surface area contributed by atoms with Crippen LogP contribution in [0.1, 0.15) is 18.5 Å². The number of rotatable bonds is 6. The summed E-state index contributed by atoms with van der Waals surface area (Å²) < 4.78 is 2.66. The van der Waals surface area contributed by atoms with E-state index in [-0.39, 0.29) is 6.61 Å². The molecule has 1 aromatic heterocycles. The van der Waals surface area contributed by atoms with Crippen molar-refractivity contribution in [3.8, 4) is 0 Å². The van der Waals surface area contributed by atoms with E-state index >= 15 is 0 Å². The summed E-state index contributed by atoms with van der Waals surface area (Å²) in [4.78, 5) is 5.12. The molecule has 0 aliphatic rings. The Kier molecular flexibility index (Phi) is 5.01. The molecule has 0 aliphatic carbocycles. The lowest BCUT2D eigenvalue weighted by Crippen LogP contribution is -2.14. The van der Waals surface area contributed by atoms with Gasteiger partial charge in [-0.25, -0.2) is 0 Å². The fraction of sp³-hybridized carbons (Fsp3) is 0.700. The average Bonchev–Trinajstić information content (AvgIpc) is 2.54. The van der Waals surface area contributed by atoms with Gasteiger partial charge in [0.1, 0.15) is 0 Å². The van der Waals surface area contributed by atoms with Crippen molar-refractivity contribution in [2.75, 3.05) is 20.6 Å². The van der Waals surface area contributed by atoms with Crippen LogP contribution in [0.4, 0.5) is 0 Å². The predicted molar refractivity (Wildman–Crippen MR) is 63.3 cm³/mol. The molecule has 0 unspecified atom stereocenters. The maximum absolute atomic E-state index is 9.08. The van der Waals surface area contributed by atoms with Gasteiger partial charge >= 0.3 is 0 Å². The van der Waals surface area contributed by atoms with Gasteiger partial charge in [0.25, 0.3) is 0 Å². The monoisotopic (exact) mass is 229 g/mol. The number of hydrogen-bond donors (Lipinski definition) is 2. The minimum Gasteiger partial charge on any atom is -0.390 e. The molecule has 15 heavy (non-hydrogen) atoms. The minimum absolute atomic E-state index is 0.0425. The molecule has 1 heterocycles. The Morgan fingerprint density at radius 2 is 2.20 bits per heavy atom. The quantitative estimate of drug-likeness (QED) is 0.572. The van der Waals surface area contributed by atoms with Crippen molar-refractivity contribution >= 4 is 12.2 Å². The number of hydrogen-bond acceptors (Lipinski definition) is 3. The molecule has 1 rings (SSSR count). The molecule has 0 amide bonds. The number of aromatic amines is 1. The molecule has 0 aliphatic heterocycles. The second-order valence-corrected chi connectivity index (χ2v) is 4.29. The smallest absolute Gasteiger partial charge is 0.177 e. The summed E-state index contributed by atoms with van der Waals surface area (Å²) in [5, 5.41) is 9.08. The van der Waals surface area contributed by atoms with Crippen molar-refractivity contribution in [1.82, 2.24) is 14.5 Å². The Morgan fingerprint density at radius 1 is 1.47 bits per heavy atom. The lowest BCUT2D eigenvalue weighted by Gasteiger charge is -2.10. The van der Waals surface area contributed by atoms with Crippen molar-refractivity contribution in [1.29, 1.82) is 0 Å². The third-order valence-electron chi connectivity index (χ3n) is 2.35. The predicted octanol–water partition coefficient (Wildman–Crippen LogP) is 1.38. The molecule has 4 nitrogen and oxygen atoms in total. The van der Waals surface area contributed by atoms with Crippen molar-refractivity contribution < 1.29 is 5.11 Å². The molecule has 5 heteroatoms. The van der Waals surface area contributed by atoms with Crippen molar-refractivity contribution in [3.05, 3.63) is 16.7 Å². The number of unbranched alkanes of at least 4 members (excludes halogenated alkanes) is 1. The third-order valence-corrected chi connectivity index (χ3v) is 2.69. The molecule has 1 aromatic rings. The molecule has 0 fully saturated rings. The van der Waals surface area contributed by atoms with Gasteiger partial charge in [-0.05, 0) is 45.7 Å². The van der Waals surface area contributed by atoms with Gasteiger partial charge in [-0.1, -0.05) is 0 Å². The van der Waals surface area contributed by atoms with Crippen molar-refractivity contribution in [3.63, 3.8) is 0 Å². The molecule has 2 N–H and O–H groups in total. The van der Waals surface area contributed by atoms with E-state index in [9.17, 15) is 0 Å². The van der Waals surface area contributed by atoms with Crippen LogP contribution in [-0.2, 0) is 13.2 Å². The van der Waals surface area contributed by atoms with E-state index in [2.05, 4.69) is 24.0 Å². The van der Waals surface area contributed by atoms with E-state index in [1.807, 2.05) is 4.57 Å². The molecule has 0 spiro atoms. The summed E-state index contributed by atoms with van der Waals surface area (Å²) in [5.41, 5.74) is 0.866. The number of nitrogens with zero attached hydrogens (tertiary/aromatic N) is 2. The first kappa shape index (κ1) is 12.4. The second kappa shape index (κ2) is 6.05. The Bertz CT molecular complexity index is 343. The number of imidazole rings is 1. The van der Waals surface area contributed by atoms with E-state index in [0.29, 0.717) is 4.77 Å². The van der Waals surface area contributed by atoms with Gasteiger partial charge in [-0.15, -0.1) is 0 Å². The van der Waals surface area contributed by atoms with E-state index in [1.54, 1.807) is 6.20 Å². The Morgan fingerprint density at radius 3 is 2.80 bits per heavy atom. The Labute approximate surface area is 95.5 Å². The number of aliphatic hydroxyl groups is 1. The number of aromatic nitrogens is 2. The highest BCUT2D eigenvalue weighted by molar-refractivity contribution is 7.71. The van der Waals surface area contributed by atoms with Crippen molar-refractivity contribution in [2.45, 2.75) is 26.0 Å². The van der Waals surface area contributed by atoms with Crippen LogP contribution in [0.25, 0.3) is 0 Å². The number of aliphatic hydroxyl groups excluding tert-OH is 1. The van der Waals surface area contributed by atoms with Crippen LogP contribution in [-0.4, -0.2) is 40.2 Å². The molecule has 0 saturated heterocycles. The van der Waals surface area contributed by atoms with E-state index in [1.165, 1.54) is 0 Å². The average molecular weight is 229 g/mol. The van der Waals surface area contributed by atoms with Gasteiger partial charge in [-0.3, -0.25) is 0 Å². The lowest BCUT2D eigenvalue weighted by atomic mass is 10.3. The highest BCUT2D eigenvalue weighted by Gasteiger charge is 2.02. The number of nitrogens with one attached hydrogen (secondary N) is 1. The van der Waals surface area contributed by atoms with Gasteiger partial charge in [0.2, 0.25) is 0 Å². The van der Waals surface area contributed by atoms with Crippen molar-refractivity contribution in [2.24, 2.45) is 0 Å². The zero-order valence-electron chi connectivity index (χ0n) is 9.36. The van der Waals surface area contributed by atoms with E-state index < -0.39 is 0 Å². The third kappa shape index (κ3) is 3.77. The topological polar surface area (TPSA) is 44.2 Å². The zero-order valence-corrected chi connectivity index (χ0v) is 10.2. The summed E-state index contributed by atoms with van der Waals surface area (Å²) in [5.74, 6) is 0. The highest BCUT2D eigenvalue weighted by Crippen LogP contribution is 2.04. The van der Waals surface area contributed by atoms with Crippen LogP contribution < -0.4 is 0 Å². The van der Waals surface area contributed by atoms with Crippen LogP contribution in [0.15, 0.2) is 6.20 Å². The van der Waals surface area contributed by atoms with Crippen LogP contribution in [0, 0.1) is 4.77 Å². The fourth-order valence-electron chi connectivity index (χ4n) is 1.51. The summed E-state index contributed by atoms with van der Waals surface area (Å²) in [6.07, 6.45) is 4.00. The standard InChI is InChI=1S/C10H19N3OS/c1-12(2)5-3-4-6-13-9(8-14)7-11-10(13)15/h7,14H,3-6,8H2,1-2H3,(H,11,15). The fourth-order valence-corrected chi connectivity index (χ4v) is 1.77. The molecule has 0 radical (unpaired) electrons. The normalized spacial score (nSPS) is 11.2. The van der Waals surface area contributed by atoms with E-state index in [4.69, 9.17) is 17.3 Å². The SMILES string of the molecule is CN(C)CCCCn1c(CO)c[nH]c1=S. The maximum Gasteiger partial charge on any atom is 0.177 e. The van der Waals surface area contributed by atoms with Gasteiger partial charge in [-0.2, -0.15) is 0 Å². The molecule has 0 bridgehead atoms. The highest BCUT2D eigenvalue weighted by atomic mass is 32.1. The van der Waals surface area contributed by atoms with E-state index in [0.717, 1.165) is 31.6 Å². The van der Waals surface area contributed by atoms with Crippen LogP contribution in [0.3, 0.4) is 0 Å². The Hall–Kier alpha value is -0.650. The molecule has 86 valence electrons. The maximum atomic E-state index is 9.08. The summed E-state index contributed by atoms with van der Waals surface area (Å²) in [6, 6.07) is 0. The molecular weight excluding hydrogens is 210 g/mol. The molecule has 0 aromatic carbocycles. The lowest BCUT2D eigenvalue weighted by molar-refractivity contribution is 0.269. The Balaban J connectivity index is 2.43.